The molecule has 0 saturated carbocycles. The highest BCUT2D eigenvalue weighted by Crippen LogP contribution is 1.98. The Morgan fingerprint density at radius 3 is 2.04 bits per heavy atom. The summed E-state index contributed by atoms with van der Waals surface area (Å²) in [6.45, 7) is 13.2. The Bertz CT molecular complexity index is 394. The number of unbranched alkanes of at least 4 members (excludes halogenated alkanes) is 2. The third-order valence-electron chi connectivity index (χ3n) is 2.93. The maximum atomic E-state index is 10.4. The van der Waals surface area contributed by atoms with Crippen LogP contribution in [0.3, 0.4) is 0 Å². The molecule has 0 saturated heterocycles. The first-order valence-corrected chi connectivity index (χ1v) is 9.19. The van der Waals surface area contributed by atoms with E-state index >= 15 is 0 Å². The zero-order chi connectivity index (χ0) is 21.7. The summed E-state index contributed by atoms with van der Waals surface area (Å²) < 4.78 is 14.4. The maximum Gasteiger partial charge on any atom is 0.308 e. The molecule has 0 fully saturated rings. The number of Topliss-reactive ketones (excluding diaryl/α,β-unsaturated/α-hetero) is 1. The van der Waals surface area contributed by atoms with Crippen LogP contribution in [0.1, 0.15) is 60.3 Å². The normalized spacial score (nSPS) is 11.6. The molecule has 2 unspecified atom stereocenters. The molecule has 7 heteroatoms. The van der Waals surface area contributed by atoms with Gasteiger partial charge in [0.05, 0.1) is 25.7 Å². The van der Waals surface area contributed by atoms with E-state index in [2.05, 4.69) is 18.2 Å². The summed E-state index contributed by atoms with van der Waals surface area (Å²) in [7, 11) is 1.49. The van der Waals surface area contributed by atoms with E-state index in [1.54, 1.807) is 26.8 Å². The Morgan fingerprint density at radius 1 is 1.11 bits per heavy atom. The lowest BCUT2D eigenvalue weighted by atomic mass is 10.2. The predicted molar refractivity (Wildman–Crippen MR) is 106 cm³/mol. The number of carbonyl (C=O) groups excluding carboxylic acids is 2. The molecule has 0 heterocycles. The molecule has 0 aromatic rings. The van der Waals surface area contributed by atoms with E-state index in [4.69, 9.17) is 14.6 Å². The lowest BCUT2D eigenvalue weighted by Crippen LogP contribution is -2.18. The Labute approximate surface area is 164 Å². The summed E-state index contributed by atoms with van der Waals surface area (Å²) in [6, 6.07) is 0. The van der Waals surface area contributed by atoms with Gasteiger partial charge < -0.3 is 24.1 Å². The van der Waals surface area contributed by atoms with Crippen LogP contribution < -0.4 is 0 Å². The van der Waals surface area contributed by atoms with E-state index in [9.17, 15) is 14.4 Å². The van der Waals surface area contributed by atoms with Crippen molar-refractivity contribution in [3.8, 4) is 0 Å². The van der Waals surface area contributed by atoms with E-state index in [-0.39, 0.29) is 24.6 Å². The van der Waals surface area contributed by atoms with Crippen LogP contribution in [0, 0.1) is 5.92 Å². The first kappa shape index (κ1) is 30.0. The molecular formula is C20H38O7. The van der Waals surface area contributed by atoms with Crippen LogP contribution in [-0.4, -0.2) is 55.9 Å². The molecule has 0 amide bonds. The molecule has 160 valence electrons. The number of ketones is 1. The fourth-order valence-electron chi connectivity index (χ4n) is 1.58. The Balaban J connectivity index is -0.000000327. The average molecular weight is 391 g/mol. The second kappa shape index (κ2) is 22.3. The van der Waals surface area contributed by atoms with Crippen LogP contribution in [0.2, 0.25) is 0 Å². The van der Waals surface area contributed by atoms with Gasteiger partial charge in [0.15, 0.2) is 0 Å². The quantitative estimate of drug-likeness (QED) is 0.308. The van der Waals surface area contributed by atoms with Gasteiger partial charge in [-0.05, 0) is 27.2 Å². The first-order valence-electron chi connectivity index (χ1n) is 9.19. The van der Waals surface area contributed by atoms with Crippen molar-refractivity contribution < 1.29 is 33.7 Å². The number of aliphatic carboxylic acids is 1. The number of carbonyl (C=O) groups is 3. The van der Waals surface area contributed by atoms with Crippen LogP contribution in [0.15, 0.2) is 12.7 Å². The van der Waals surface area contributed by atoms with Crippen molar-refractivity contribution in [2.75, 3.05) is 26.9 Å². The van der Waals surface area contributed by atoms with Gasteiger partial charge in [0.2, 0.25) is 0 Å². The van der Waals surface area contributed by atoms with Crippen LogP contribution in [-0.2, 0) is 28.6 Å². The van der Waals surface area contributed by atoms with E-state index in [1.165, 1.54) is 26.9 Å². The minimum atomic E-state index is -0.813. The number of ether oxygens (including phenoxy) is 3. The number of hydrogen-bond donors (Lipinski definition) is 1. The molecule has 0 spiro atoms. The molecule has 0 aromatic carbocycles. The van der Waals surface area contributed by atoms with Crippen molar-refractivity contribution in [1.29, 1.82) is 0 Å². The van der Waals surface area contributed by atoms with Crippen LogP contribution in [0.5, 0.6) is 0 Å². The number of carboxylic acids is 1. The second-order valence-electron chi connectivity index (χ2n) is 6.10. The van der Waals surface area contributed by atoms with Gasteiger partial charge >= 0.3 is 11.9 Å². The number of carboxylic acid groups (broad SMARTS) is 1. The molecule has 0 aliphatic rings. The maximum absolute atomic E-state index is 10.4. The van der Waals surface area contributed by atoms with Crippen molar-refractivity contribution in [1.82, 2.24) is 0 Å². The summed E-state index contributed by atoms with van der Waals surface area (Å²) in [6.07, 6.45) is 5.72. The van der Waals surface area contributed by atoms with Gasteiger partial charge in [0, 0.05) is 20.5 Å². The summed E-state index contributed by atoms with van der Waals surface area (Å²) in [5.41, 5.74) is 0. The summed E-state index contributed by atoms with van der Waals surface area (Å²) in [5, 5.41) is 8.23. The first-order chi connectivity index (χ1) is 12.6. The van der Waals surface area contributed by atoms with E-state index < -0.39 is 5.97 Å². The number of hydrogen-bond acceptors (Lipinski definition) is 6. The molecule has 1 N–H and O–H groups in total. The second-order valence-corrected chi connectivity index (χ2v) is 6.10. The molecular weight excluding hydrogens is 352 g/mol. The van der Waals surface area contributed by atoms with E-state index in [1.807, 2.05) is 0 Å². The topological polar surface area (TPSA) is 99.1 Å². The van der Waals surface area contributed by atoms with Crippen molar-refractivity contribution in [3.05, 3.63) is 12.7 Å². The van der Waals surface area contributed by atoms with Crippen molar-refractivity contribution in [3.63, 3.8) is 0 Å². The fourth-order valence-corrected chi connectivity index (χ4v) is 1.58. The third-order valence-corrected chi connectivity index (χ3v) is 2.93. The van der Waals surface area contributed by atoms with Gasteiger partial charge in [-0.1, -0.05) is 25.8 Å². The highest BCUT2D eigenvalue weighted by atomic mass is 16.6. The molecule has 2 atom stereocenters. The Kier molecular flexibility index (Phi) is 24.8. The molecule has 0 bridgehead atoms. The van der Waals surface area contributed by atoms with Gasteiger partial charge in [-0.3, -0.25) is 9.59 Å². The minimum absolute atomic E-state index is 0.174. The predicted octanol–water partition coefficient (Wildman–Crippen LogP) is 3.65. The molecule has 7 nitrogen and oxygen atoms in total. The summed E-state index contributed by atoms with van der Waals surface area (Å²) >= 11 is 0. The van der Waals surface area contributed by atoms with Gasteiger partial charge in [-0.2, -0.15) is 0 Å². The van der Waals surface area contributed by atoms with Crippen LogP contribution in [0.25, 0.3) is 0 Å². The zero-order valence-electron chi connectivity index (χ0n) is 17.8. The molecule has 0 rings (SSSR count). The number of rotatable bonds is 12. The lowest BCUT2D eigenvalue weighted by Gasteiger charge is -2.10. The highest BCUT2D eigenvalue weighted by Gasteiger charge is 2.08. The van der Waals surface area contributed by atoms with Gasteiger partial charge in [0.1, 0.15) is 11.9 Å². The Hall–Kier alpha value is -1.73. The standard InChI is InChI=1S/C8H14O3.C7H14O.C5H10O3/c1-4-5-10-6-7(2)11-8(3)9;1-3-4-5-6-7(2)8;1-4(3-8-2)5(6)7/h4,7H,1,5-6H2,2-3H3;3-6H2,1-2H3;4H,3H2,1-2H3,(H,6,7). The molecule has 0 aliphatic heterocycles. The number of methoxy groups -OCH3 is 1. The molecule has 0 aromatic heterocycles. The number of esters is 1. The fraction of sp³-hybridized carbons (Fsp3) is 0.750. The largest absolute Gasteiger partial charge is 0.481 e. The van der Waals surface area contributed by atoms with Crippen LogP contribution in [0.4, 0.5) is 0 Å². The third kappa shape index (κ3) is 32.4. The minimum Gasteiger partial charge on any atom is -0.481 e. The molecule has 0 aliphatic carbocycles. The van der Waals surface area contributed by atoms with Gasteiger partial charge in [-0.25, -0.2) is 0 Å². The van der Waals surface area contributed by atoms with Crippen LogP contribution >= 0.6 is 0 Å². The van der Waals surface area contributed by atoms with Crippen molar-refractivity contribution in [2.24, 2.45) is 5.92 Å². The van der Waals surface area contributed by atoms with E-state index in [0.717, 1.165) is 12.8 Å². The molecule has 0 radical (unpaired) electrons. The van der Waals surface area contributed by atoms with Crippen molar-refractivity contribution >= 4 is 17.7 Å². The lowest BCUT2D eigenvalue weighted by molar-refractivity contribution is -0.148. The smallest absolute Gasteiger partial charge is 0.308 e. The van der Waals surface area contributed by atoms with Gasteiger partial charge in [0.25, 0.3) is 0 Å². The van der Waals surface area contributed by atoms with E-state index in [0.29, 0.717) is 19.0 Å². The zero-order valence-corrected chi connectivity index (χ0v) is 17.8. The summed E-state index contributed by atoms with van der Waals surface area (Å²) in [4.78, 5) is 30.7. The highest BCUT2D eigenvalue weighted by molar-refractivity contribution is 5.75. The average Bonchev–Trinajstić information content (AvgIpc) is 2.56. The molecule has 27 heavy (non-hydrogen) atoms. The Morgan fingerprint density at radius 2 is 1.70 bits per heavy atom. The van der Waals surface area contributed by atoms with Crippen molar-refractivity contribution in [2.45, 2.75) is 66.4 Å². The SMILES string of the molecule is C=CCOCC(C)OC(C)=O.CCCCCC(C)=O.COCC(C)C(=O)O. The monoisotopic (exact) mass is 390 g/mol. The summed E-state index contributed by atoms with van der Waals surface area (Å²) in [5.74, 6) is -1.16. The van der Waals surface area contributed by atoms with Gasteiger partial charge in [-0.15, -0.1) is 6.58 Å².